The van der Waals surface area contributed by atoms with Crippen molar-refractivity contribution in [1.29, 1.82) is 0 Å². The first kappa shape index (κ1) is 14.4. The van der Waals surface area contributed by atoms with Gasteiger partial charge in [-0.1, -0.05) is 12.1 Å². The number of nitrogens with two attached hydrogens (primary N) is 1. The van der Waals surface area contributed by atoms with Crippen molar-refractivity contribution in [1.82, 2.24) is 0 Å². The fourth-order valence-electron chi connectivity index (χ4n) is 3.23. The van der Waals surface area contributed by atoms with Crippen LogP contribution in [0.5, 0.6) is 0 Å². The predicted molar refractivity (Wildman–Crippen MR) is 90.5 cm³/mol. The van der Waals surface area contributed by atoms with Gasteiger partial charge in [-0.2, -0.15) is 5.10 Å². The Morgan fingerprint density at radius 3 is 2.78 bits per heavy atom. The summed E-state index contributed by atoms with van der Waals surface area (Å²) in [5.74, 6) is 0. The van der Waals surface area contributed by atoms with Crippen molar-refractivity contribution in [3.8, 4) is 0 Å². The third-order valence-corrected chi connectivity index (χ3v) is 4.51. The summed E-state index contributed by atoms with van der Waals surface area (Å²) in [6, 6.07) is 7.71. The van der Waals surface area contributed by atoms with Crippen LogP contribution in [0.2, 0.25) is 0 Å². The van der Waals surface area contributed by atoms with Crippen molar-refractivity contribution in [3.63, 3.8) is 0 Å². The summed E-state index contributed by atoms with van der Waals surface area (Å²) in [5, 5.41) is 8.84. The molecule has 1 unspecified atom stereocenters. The molecule has 2 atom stereocenters. The van der Waals surface area contributed by atoms with Crippen LogP contribution in [0.1, 0.15) is 25.8 Å². The van der Waals surface area contributed by atoms with Gasteiger partial charge in [0, 0.05) is 29.0 Å². The van der Waals surface area contributed by atoms with Crippen molar-refractivity contribution in [2.24, 2.45) is 10.2 Å². The fourth-order valence-corrected chi connectivity index (χ4v) is 3.23. The molecule has 1 aromatic carbocycles. The summed E-state index contributed by atoms with van der Waals surface area (Å²) >= 11 is 0. The first-order chi connectivity index (χ1) is 11.0. The van der Waals surface area contributed by atoms with E-state index in [9.17, 15) is 0 Å². The Hall–Kier alpha value is -2.24. The fraction of sp³-hybridized carbons (Fsp3) is 0.333. The zero-order chi connectivity index (χ0) is 16.0. The van der Waals surface area contributed by atoms with Crippen LogP contribution >= 0.6 is 0 Å². The third kappa shape index (κ3) is 2.42. The second-order valence-corrected chi connectivity index (χ2v) is 6.37. The van der Waals surface area contributed by atoms with E-state index in [2.05, 4.69) is 29.3 Å². The number of hydrogen-bond acceptors (Lipinski definition) is 5. The number of rotatable bonds is 1. The van der Waals surface area contributed by atoms with E-state index in [-0.39, 0.29) is 6.10 Å². The lowest BCUT2D eigenvalue weighted by molar-refractivity contribution is 0.0250. The van der Waals surface area contributed by atoms with Crippen LogP contribution in [-0.2, 0) is 9.47 Å². The van der Waals surface area contributed by atoms with Gasteiger partial charge in [0.1, 0.15) is 24.2 Å². The van der Waals surface area contributed by atoms with Crippen molar-refractivity contribution >= 4 is 17.1 Å². The van der Waals surface area contributed by atoms with E-state index < -0.39 is 5.60 Å². The zero-order valence-corrected chi connectivity index (χ0v) is 13.2. The maximum atomic E-state index is 5.80. The normalized spacial score (nSPS) is 29.6. The Kier molecular flexibility index (Phi) is 3.21. The van der Waals surface area contributed by atoms with Gasteiger partial charge in [0.2, 0.25) is 0 Å². The van der Waals surface area contributed by atoms with E-state index >= 15 is 0 Å². The molecule has 2 N–H and O–H groups in total. The highest BCUT2D eigenvalue weighted by Crippen LogP contribution is 2.38. The molecule has 0 aromatic heterocycles. The van der Waals surface area contributed by atoms with E-state index in [1.807, 2.05) is 31.2 Å². The van der Waals surface area contributed by atoms with Crippen molar-refractivity contribution < 1.29 is 9.47 Å². The molecular weight excluding hydrogens is 290 g/mol. The van der Waals surface area contributed by atoms with Crippen LogP contribution in [0.3, 0.4) is 0 Å². The standard InChI is InChI=1S/C18H19N3O2/c1-11-7-13-9-18(2)16(22-10-23-18)8-15(13)17(21-20-11)12-3-5-14(19)6-4-12/h3-6,8-9,16H,7,10,19H2,1-2H3/t16?,18-/m0/s1. The number of allylic oxidation sites excluding steroid dienone is 2. The molecule has 2 heterocycles. The summed E-state index contributed by atoms with van der Waals surface area (Å²) in [6.45, 7) is 4.37. The summed E-state index contributed by atoms with van der Waals surface area (Å²) < 4.78 is 11.5. The highest BCUT2D eigenvalue weighted by atomic mass is 16.7. The van der Waals surface area contributed by atoms with Crippen LogP contribution in [-0.4, -0.2) is 29.9 Å². The van der Waals surface area contributed by atoms with E-state index in [1.54, 1.807) is 0 Å². The molecule has 1 fully saturated rings. The Labute approximate surface area is 135 Å². The molecule has 0 amide bonds. The summed E-state index contributed by atoms with van der Waals surface area (Å²) in [4.78, 5) is 0. The highest BCUT2D eigenvalue weighted by molar-refractivity contribution is 6.17. The maximum absolute atomic E-state index is 5.80. The van der Waals surface area contributed by atoms with E-state index in [0.29, 0.717) is 6.79 Å². The van der Waals surface area contributed by atoms with Gasteiger partial charge in [-0.15, -0.1) is 5.10 Å². The average Bonchev–Trinajstić information content (AvgIpc) is 2.81. The summed E-state index contributed by atoms with van der Waals surface area (Å²) in [6.07, 6.45) is 4.95. The van der Waals surface area contributed by atoms with Crippen molar-refractivity contribution in [3.05, 3.63) is 53.1 Å². The SMILES string of the molecule is CC1=NN=C(c2ccc(N)cc2)C2=CC3OCO[C@@]3(C)C=C2C1. The van der Waals surface area contributed by atoms with Gasteiger partial charge in [0.15, 0.2) is 0 Å². The molecule has 118 valence electrons. The average molecular weight is 309 g/mol. The van der Waals surface area contributed by atoms with Crippen LogP contribution < -0.4 is 5.73 Å². The molecule has 0 saturated carbocycles. The Morgan fingerprint density at radius 1 is 1.22 bits per heavy atom. The minimum absolute atomic E-state index is 0.0985. The van der Waals surface area contributed by atoms with Crippen LogP contribution in [0.4, 0.5) is 5.69 Å². The first-order valence-corrected chi connectivity index (χ1v) is 7.72. The number of hydrogen-bond donors (Lipinski definition) is 1. The quantitative estimate of drug-likeness (QED) is 0.811. The molecule has 23 heavy (non-hydrogen) atoms. The molecule has 1 saturated heterocycles. The monoisotopic (exact) mass is 309 g/mol. The van der Waals surface area contributed by atoms with Gasteiger partial charge in [-0.3, -0.25) is 0 Å². The molecular formula is C18H19N3O2. The number of fused-ring (bicyclic) bond motifs is 2. The van der Waals surface area contributed by atoms with Crippen LogP contribution in [0.25, 0.3) is 0 Å². The number of benzene rings is 1. The Balaban J connectivity index is 1.84. The van der Waals surface area contributed by atoms with E-state index in [0.717, 1.165) is 34.7 Å². The van der Waals surface area contributed by atoms with Gasteiger partial charge >= 0.3 is 0 Å². The first-order valence-electron chi connectivity index (χ1n) is 7.72. The number of anilines is 1. The number of nitrogen functional groups attached to an aromatic ring is 1. The van der Waals surface area contributed by atoms with Crippen molar-refractivity contribution in [2.45, 2.75) is 32.0 Å². The van der Waals surface area contributed by atoms with Crippen molar-refractivity contribution in [2.75, 3.05) is 12.5 Å². The largest absolute Gasteiger partial charge is 0.399 e. The Bertz CT molecular complexity index is 774. The number of nitrogens with zero attached hydrogens (tertiary/aromatic N) is 2. The molecule has 4 rings (SSSR count). The molecule has 1 aromatic rings. The van der Waals surface area contributed by atoms with E-state index in [4.69, 9.17) is 15.2 Å². The molecule has 0 radical (unpaired) electrons. The minimum atomic E-state index is -0.407. The zero-order valence-electron chi connectivity index (χ0n) is 13.2. The molecule has 0 bridgehead atoms. The third-order valence-electron chi connectivity index (χ3n) is 4.51. The smallest absolute Gasteiger partial charge is 0.149 e. The maximum Gasteiger partial charge on any atom is 0.149 e. The van der Waals surface area contributed by atoms with Gasteiger partial charge in [-0.25, -0.2) is 0 Å². The van der Waals surface area contributed by atoms with Gasteiger partial charge in [0.25, 0.3) is 0 Å². The lowest BCUT2D eigenvalue weighted by Crippen LogP contribution is -2.37. The van der Waals surface area contributed by atoms with Gasteiger partial charge < -0.3 is 15.2 Å². The van der Waals surface area contributed by atoms with Gasteiger partial charge in [-0.05, 0) is 43.7 Å². The van der Waals surface area contributed by atoms with Crippen LogP contribution in [0, 0.1) is 0 Å². The topological polar surface area (TPSA) is 69.2 Å². The second-order valence-electron chi connectivity index (χ2n) is 6.37. The molecule has 5 heteroatoms. The molecule has 2 aliphatic heterocycles. The summed E-state index contributed by atoms with van der Waals surface area (Å²) in [5.41, 5.74) is 11.2. The van der Waals surface area contributed by atoms with Gasteiger partial charge in [0.05, 0.1) is 0 Å². The highest BCUT2D eigenvalue weighted by Gasteiger charge is 2.42. The minimum Gasteiger partial charge on any atom is -0.399 e. The van der Waals surface area contributed by atoms with Crippen LogP contribution in [0.15, 0.2) is 57.8 Å². The molecule has 5 nitrogen and oxygen atoms in total. The second kappa shape index (κ2) is 5.15. The lowest BCUT2D eigenvalue weighted by Gasteiger charge is -2.30. The summed E-state index contributed by atoms with van der Waals surface area (Å²) in [7, 11) is 0. The molecule has 1 aliphatic carbocycles. The molecule has 3 aliphatic rings. The molecule has 0 spiro atoms. The predicted octanol–water partition coefficient (Wildman–Crippen LogP) is 2.84. The number of ether oxygens (including phenoxy) is 2. The van der Waals surface area contributed by atoms with E-state index in [1.165, 1.54) is 5.57 Å². The Morgan fingerprint density at radius 2 is 2.00 bits per heavy atom. The lowest BCUT2D eigenvalue weighted by atomic mass is 9.81.